The Bertz CT molecular complexity index is 1480. The third kappa shape index (κ3) is 4.25. The van der Waals surface area contributed by atoms with Crippen molar-refractivity contribution in [3.05, 3.63) is 47.4 Å². The molecule has 4 heterocycles. The zero-order chi connectivity index (χ0) is 26.5. The molecule has 1 saturated heterocycles. The van der Waals surface area contributed by atoms with Crippen LogP contribution in [0.1, 0.15) is 41.7 Å². The van der Waals surface area contributed by atoms with Gasteiger partial charge in [0.05, 0.1) is 11.6 Å². The van der Waals surface area contributed by atoms with Gasteiger partial charge in [0, 0.05) is 43.7 Å². The van der Waals surface area contributed by atoms with Crippen LogP contribution in [-0.4, -0.2) is 67.8 Å². The van der Waals surface area contributed by atoms with E-state index in [1.807, 2.05) is 4.90 Å². The van der Waals surface area contributed by atoms with Crippen molar-refractivity contribution in [2.24, 2.45) is 5.73 Å². The van der Waals surface area contributed by atoms with Gasteiger partial charge in [-0.05, 0) is 31.0 Å². The molecule has 37 heavy (non-hydrogen) atoms. The standard InChI is InChI=1S/C24H27F2N5O5S/c1-3-29(2)37(33,34)24-21(23(27)32)19-11-15(6-8-31(19)28-24)30-7-4-5-18(30)17-9-14(26)10-20-22(17)36-16(12-25)13-35-20/h6,8-11,16,18H,3-5,7,12-13H2,1-2H3,(H2,27,32)/t16?,18-/m1/s1. The first kappa shape index (κ1) is 25.2. The first-order chi connectivity index (χ1) is 17.6. The van der Waals surface area contributed by atoms with Crippen LogP contribution in [0.2, 0.25) is 0 Å². The monoisotopic (exact) mass is 535 g/mol. The molecule has 0 spiro atoms. The Morgan fingerprint density at radius 3 is 2.81 bits per heavy atom. The lowest BCUT2D eigenvalue weighted by atomic mass is 10.0. The lowest BCUT2D eigenvalue weighted by molar-refractivity contribution is 0.0698. The number of alkyl halides is 1. The van der Waals surface area contributed by atoms with E-state index in [0.29, 0.717) is 30.0 Å². The van der Waals surface area contributed by atoms with Crippen molar-refractivity contribution >= 4 is 27.1 Å². The Labute approximate surface area is 212 Å². The number of nitrogens with zero attached hydrogens (tertiary/aromatic N) is 4. The number of carbonyl (C=O) groups excluding carboxylic acids is 1. The van der Waals surface area contributed by atoms with Gasteiger partial charge in [0.25, 0.3) is 15.9 Å². The summed E-state index contributed by atoms with van der Waals surface area (Å²) in [6.45, 7) is 1.70. The highest BCUT2D eigenvalue weighted by molar-refractivity contribution is 7.89. The van der Waals surface area contributed by atoms with Gasteiger partial charge in [-0.1, -0.05) is 6.92 Å². The summed E-state index contributed by atoms with van der Waals surface area (Å²) in [5.74, 6) is -0.884. The Kier molecular flexibility index (Phi) is 6.44. The lowest BCUT2D eigenvalue weighted by Crippen LogP contribution is -2.32. The average Bonchev–Trinajstić information content (AvgIpc) is 3.52. The number of benzene rings is 1. The van der Waals surface area contributed by atoms with Crippen molar-refractivity contribution in [1.29, 1.82) is 0 Å². The summed E-state index contributed by atoms with van der Waals surface area (Å²) in [5.41, 5.74) is 6.83. The Morgan fingerprint density at radius 2 is 2.11 bits per heavy atom. The van der Waals surface area contributed by atoms with E-state index in [-0.39, 0.29) is 36.0 Å². The van der Waals surface area contributed by atoms with E-state index in [4.69, 9.17) is 15.2 Å². The van der Waals surface area contributed by atoms with E-state index < -0.39 is 39.6 Å². The second kappa shape index (κ2) is 9.45. The van der Waals surface area contributed by atoms with Crippen LogP contribution in [0.5, 0.6) is 11.5 Å². The van der Waals surface area contributed by atoms with E-state index in [2.05, 4.69) is 5.10 Å². The van der Waals surface area contributed by atoms with Crippen LogP contribution >= 0.6 is 0 Å². The van der Waals surface area contributed by atoms with E-state index >= 15 is 0 Å². The molecule has 1 fully saturated rings. The predicted octanol–water partition coefficient (Wildman–Crippen LogP) is 2.66. The highest BCUT2D eigenvalue weighted by atomic mass is 32.2. The molecule has 2 aliphatic rings. The third-order valence-corrected chi connectivity index (χ3v) is 8.66. The summed E-state index contributed by atoms with van der Waals surface area (Å²) in [4.78, 5) is 14.4. The Hall–Kier alpha value is -3.45. The van der Waals surface area contributed by atoms with Crippen molar-refractivity contribution in [3.63, 3.8) is 0 Å². The lowest BCUT2D eigenvalue weighted by Gasteiger charge is -2.32. The van der Waals surface area contributed by atoms with Crippen LogP contribution in [0.3, 0.4) is 0 Å². The number of halogens is 2. The van der Waals surface area contributed by atoms with Crippen LogP contribution in [-0.2, 0) is 10.0 Å². The van der Waals surface area contributed by atoms with Gasteiger partial charge >= 0.3 is 0 Å². The number of rotatable bonds is 7. The summed E-state index contributed by atoms with van der Waals surface area (Å²) in [7, 11) is -2.66. The molecule has 1 unspecified atom stereocenters. The summed E-state index contributed by atoms with van der Waals surface area (Å²) in [6, 6.07) is 5.63. The van der Waals surface area contributed by atoms with Gasteiger partial charge in [0.15, 0.2) is 17.6 Å². The van der Waals surface area contributed by atoms with Gasteiger partial charge < -0.3 is 20.1 Å². The van der Waals surface area contributed by atoms with Crippen LogP contribution in [0.25, 0.3) is 5.52 Å². The zero-order valence-electron chi connectivity index (χ0n) is 20.4. The number of ether oxygens (including phenoxy) is 2. The predicted molar refractivity (Wildman–Crippen MR) is 131 cm³/mol. The molecule has 13 heteroatoms. The molecule has 2 N–H and O–H groups in total. The molecule has 0 aliphatic carbocycles. The molecular weight excluding hydrogens is 508 g/mol. The third-order valence-electron chi connectivity index (χ3n) is 6.81. The van der Waals surface area contributed by atoms with E-state index in [1.165, 1.54) is 23.7 Å². The molecular formula is C24H27F2N5O5S. The summed E-state index contributed by atoms with van der Waals surface area (Å²) < 4.78 is 67.6. The fourth-order valence-corrected chi connectivity index (χ4v) is 6.14. The maximum atomic E-state index is 14.5. The number of amides is 1. The number of hydrogen-bond donors (Lipinski definition) is 1. The zero-order valence-corrected chi connectivity index (χ0v) is 21.2. The minimum Gasteiger partial charge on any atom is -0.486 e. The number of carbonyl (C=O) groups is 1. The Balaban J connectivity index is 1.60. The molecule has 0 saturated carbocycles. The molecule has 198 valence electrons. The topological polar surface area (TPSA) is 119 Å². The van der Waals surface area contributed by atoms with Gasteiger partial charge in [0.2, 0.25) is 5.03 Å². The van der Waals surface area contributed by atoms with Gasteiger partial charge in [0.1, 0.15) is 24.7 Å². The first-order valence-electron chi connectivity index (χ1n) is 11.9. The highest BCUT2D eigenvalue weighted by Gasteiger charge is 2.35. The second-order valence-electron chi connectivity index (χ2n) is 9.06. The number of nitrogens with two attached hydrogens (primary N) is 1. The second-order valence-corrected chi connectivity index (χ2v) is 11.0. The van der Waals surface area contributed by atoms with E-state index in [1.54, 1.807) is 25.3 Å². The summed E-state index contributed by atoms with van der Waals surface area (Å²) >= 11 is 0. The fraction of sp³-hybridized carbons (Fsp3) is 0.417. The minimum absolute atomic E-state index is 0.00694. The van der Waals surface area contributed by atoms with Gasteiger partial charge in [-0.25, -0.2) is 21.7 Å². The average molecular weight is 536 g/mol. The maximum Gasteiger partial charge on any atom is 0.262 e. The first-order valence-corrected chi connectivity index (χ1v) is 13.3. The van der Waals surface area contributed by atoms with Gasteiger partial charge in [-0.2, -0.15) is 9.40 Å². The largest absolute Gasteiger partial charge is 0.486 e. The molecule has 0 bridgehead atoms. The number of primary amides is 1. The molecule has 2 aliphatic heterocycles. The highest BCUT2D eigenvalue weighted by Crippen LogP contribution is 2.46. The molecule has 1 amide bonds. The van der Waals surface area contributed by atoms with E-state index in [0.717, 1.165) is 10.7 Å². The van der Waals surface area contributed by atoms with Crippen molar-refractivity contribution in [3.8, 4) is 11.5 Å². The number of fused-ring (bicyclic) bond motifs is 2. The number of anilines is 1. The van der Waals surface area contributed by atoms with Crippen LogP contribution in [0.15, 0.2) is 35.5 Å². The number of sulfonamides is 1. The fourth-order valence-electron chi connectivity index (χ4n) is 4.85. The number of hydrogen-bond acceptors (Lipinski definition) is 7. The van der Waals surface area contributed by atoms with Crippen molar-refractivity contribution in [2.75, 3.05) is 38.3 Å². The molecule has 2 atom stereocenters. The van der Waals surface area contributed by atoms with Gasteiger partial charge in [-0.3, -0.25) is 4.79 Å². The SMILES string of the molecule is CCN(C)S(=O)(=O)c1nn2ccc(N3CCC[C@@H]3c3cc(F)cc4c3OC(CF)CO4)cc2c1C(N)=O. The molecule has 2 aromatic heterocycles. The van der Waals surface area contributed by atoms with Crippen LogP contribution in [0.4, 0.5) is 14.5 Å². The molecule has 1 aromatic carbocycles. The molecule has 0 radical (unpaired) electrons. The van der Waals surface area contributed by atoms with Crippen molar-refractivity contribution in [1.82, 2.24) is 13.9 Å². The minimum atomic E-state index is -4.05. The van der Waals surface area contributed by atoms with E-state index in [9.17, 15) is 22.0 Å². The molecule has 3 aromatic rings. The number of aromatic nitrogens is 2. The summed E-state index contributed by atoms with van der Waals surface area (Å²) in [6.07, 6.45) is 2.21. The number of pyridine rings is 1. The normalized spacial score (nSPS) is 19.6. The maximum absolute atomic E-state index is 14.5. The van der Waals surface area contributed by atoms with Crippen LogP contribution < -0.4 is 20.1 Å². The van der Waals surface area contributed by atoms with Crippen molar-refractivity contribution < 1.29 is 31.5 Å². The molecule has 10 nitrogen and oxygen atoms in total. The van der Waals surface area contributed by atoms with Crippen LogP contribution in [0, 0.1) is 5.82 Å². The Morgan fingerprint density at radius 1 is 1.32 bits per heavy atom. The van der Waals surface area contributed by atoms with Gasteiger partial charge in [-0.15, -0.1) is 0 Å². The molecule has 5 rings (SSSR count). The summed E-state index contributed by atoms with van der Waals surface area (Å²) in [5, 5.41) is 3.74. The smallest absolute Gasteiger partial charge is 0.262 e. The quantitative estimate of drug-likeness (QED) is 0.494. The van der Waals surface area contributed by atoms with Crippen molar-refractivity contribution in [2.45, 2.75) is 36.9 Å².